The van der Waals surface area contributed by atoms with Crippen molar-refractivity contribution in [3.8, 4) is 0 Å². The number of amides is 1. The van der Waals surface area contributed by atoms with E-state index in [1.54, 1.807) is 0 Å². The van der Waals surface area contributed by atoms with E-state index in [-0.39, 0.29) is 18.4 Å². The molecule has 2 aromatic rings. The molecule has 2 heterocycles. The summed E-state index contributed by atoms with van der Waals surface area (Å²) in [5, 5.41) is 3.66. The van der Waals surface area contributed by atoms with Crippen LogP contribution in [-0.2, 0) is 4.79 Å². The van der Waals surface area contributed by atoms with Gasteiger partial charge in [-0.05, 0) is 45.3 Å². The number of hydrogen-bond acceptors (Lipinski definition) is 3. The third-order valence-corrected chi connectivity index (χ3v) is 5.42. The summed E-state index contributed by atoms with van der Waals surface area (Å²) in [6.45, 7) is 7.76. The van der Waals surface area contributed by atoms with Gasteiger partial charge >= 0.3 is 0 Å². The average molecular weight is 392 g/mol. The number of ketones is 1. The van der Waals surface area contributed by atoms with Gasteiger partial charge in [0.1, 0.15) is 0 Å². The molecule has 1 N–H and O–H groups in total. The fraction of sp³-hybridized carbons (Fsp3) is 0.524. The number of piperidine rings is 1. The molecule has 1 atom stereocenters. The molecule has 148 valence electrons. The van der Waals surface area contributed by atoms with Crippen LogP contribution in [0.3, 0.4) is 0 Å². The molecule has 1 aliphatic heterocycles. The van der Waals surface area contributed by atoms with Crippen molar-refractivity contribution >= 4 is 35.0 Å². The number of likely N-dealkylation sites (tertiary alicyclic amines) is 1. The second-order valence-electron chi connectivity index (χ2n) is 7.21. The molecule has 1 fully saturated rings. The number of nitrogens with one attached hydrogen (secondary N) is 1. The molecule has 0 aliphatic carbocycles. The van der Waals surface area contributed by atoms with Gasteiger partial charge in [0.25, 0.3) is 11.7 Å². The number of nitrogens with zero attached hydrogens (tertiary/aromatic N) is 2. The van der Waals surface area contributed by atoms with Gasteiger partial charge in [0.2, 0.25) is 0 Å². The number of carbonyl (C=O) groups is 2. The largest absolute Gasteiger partial charge is 0.348 e. The maximum Gasteiger partial charge on any atom is 0.292 e. The van der Waals surface area contributed by atoms with E-state index in [2.05, 4.69) is 28.6 Å². The van der Waals surface area contributed by atoms with Crippen LogP contribution in [0.25, 0.3) is 10.9 Å². The minimum atomic E-state index is -0.505. The molecule has 27 heavy (non-hydrogen) atoms. The molecule has 1 aliphatic rings. The monoisotopic (exact) mass is 391 g/mol. The van der Waals surface area contributed by atoms with Crippen LogP contribution >= 0.6 is 12.4 Å². The van der Waals surface area contributed by atoms with Crippen LogP contribution in [-0.4, -0.2) is 47.3 Å². The van der Waals surface area contributed by atoms with Gasteiger partial charge in [-0.25, -0.2) is 0 Å². The van der Waals surface area contributed by atoms with E-state index in [0.29, 0.717) is 12.1 Å². The fourth-order valence-corrected chi connectivity index (χ4v) is 3.66. The first-order valence-electron chi connectivity index (χ1n) is 9.76. The van der Waals surface area contributed by atoms with Gasteiger partial charge in [0.15, 0.2) is 0 Å². The highest BCUT2D eigenvalue weighted by Gasteiger charge is 2.22. The summed E-state index contributed by atoms with van der Waals surface area (Å²) in [7, 11) is 0. The van der Waals surface area contributed by atoms with Crippen molar-refractivity contribution < 1.29 is 9.59 Å². The zero-order valence-corrected chi connectivity index (χ0v) is 17.1. The lowest BCUT2D eigenvalue weighted by molar-refractivity contribution is -0.117. The van der Waals surface area contributed by atoms with Crippen LogP contribution in [0.5, 0.6) is 0 Å². The first kappa shape index (κ1) is 21.5. The normalized spacial score (nSPS) is 15.9. The second-order valence-corrected chi connectivity index (χ2v) is 7.21. The molecule has 0 bridgehead atoms. The molecule has 0 spiro atoms. The number of Topliss-reactive ketones (excluding diaryl/α,β-unsaturated/α-hetero) is 1. The molecule has 6 heteroatoms. The summed E-state index contributed by atoms with van der Waals surface area (Å²) in [6, 6.07) is 8.08. The first-order valence-corrected chi connectivity index (χ1v) is 9.76. The van der Waals surface area contributed by atoms with Crippen molar-refractivity contribution in [2.75, 3.05) is 26.2 Å². The Balaban J connectivity index is 0.00000261. The summed E-state index contributed by atoms with van der Waals surface area (Å²) in [6.07, 6.45) is 6.55. The Morgan fingerprint density at radius 3 is 2.56 bits per heavy atom. The minimum Gasteiger partial charge on any atom is -0.348 e. The Morgan fingerprint density at radius 2 is 1.85 bits per heavy atom. The Kier molecular flexibility index (Phi) is 7.87. The lowest BCUT2D eigenvalue weighted by Crippen LogP contribution is -2.39. The standard InChI is InChI=1S/C21H29N3O2.ClH/c1-3-16(2)24-15-18(17-9-5-6-10-19(17)24)20(25)21(26)22-11-14-23-12-7-4-8-13-23;/h5-6,9-10,15-16H,3-4,7-8,11-14H2,1-2H3,(H,22,26);1H. The van der Waals surface area contributed by atoms with Crippen LogP contribution in [0.15, 0.2) is 30.5 Å². The van der Waals surface area contributed by atoms with Crippen LogP contribution in [0.2, 0.25) is 0 Å². The van der Waals surface area contributed by atoms with E-state index in [9.17, 15) is 9.59 Å². The second kappa shape index (κ2) is 9.90. The first-order chi connectivity index (χ1) is 12.6. The van der Waals surface area contributed by atoms with Crippen molar-refractivity contribution in [3.05, 3.63) is 36.0 Å². The van der Waals surface area contributed by atoms with Gasteiger partial charge < -0.3 is 14.8 Å². The van der Waals surface area contributed by atoms with Crippen molar-refractivity contribution in [1.29, 1.82) is 0 Å². The Labute approximate surface area is 167 Å². The molecule has 1 amide bonds. The third kappa shape index (κ3) is 4.90. The summed E-state index contributed by atoms with van der Waals surface area (Å²) < 4.78 is 2.10. The molecule has 0 radical (unpaired) electrons. The van der Waals surface area contributed by atoms with E-state index >= 15 is 0 Å². The van der Waals surface area contributed by atoms with Crippen molar-refractivity contribution in [2.24, 2.45) is 0 Å². The highest BCUT2D eigenvalue weighted by molar-refractivity contribution is 6.45. The smallest absolute Gasteiger partial charge is 0.292 e. The number of para-hydroxylation sites is 1. The molecule has 1 aromatic carbocycles. The van der Waals surface area contributed by atoms with Gasteiger partial charge in [-0.3, -0.25) is 9.59 Å². The summed E-state index contributed by atoms with van der Waals surface area (Å²) >= 11 is 0. The number of benzene rings is 1. The molecule has 1 saturated heterocycles. The molecule has 1 aromatic heterocycles. The SMILES string of the molecule is CCC(C)n1cc(C(=O)C(=O)NCCN2CCCCC2)c2ccccc21.Cl. The number of hydrogen-bond donors (Lipinski definition) is 1. The highest BCUT2D eigenvalue weighted by atomic mass is 35.5. The van der Waals surface area contributed by atoms with Crippen LogP contribution in [0.4, 0.5) is 0 Å². The molecule has 1 unspecified atom stereocenters. The van der Waals surface area contributed by atoms with Gasteiger partial charge in [-0.2, -0.15) is 0 Å². The topological polar surface area (TPSA) is 54.3 Å². The average Bonchev–Trinajstić information content (AvgIpc) is 3.07. The molecule has 0 saturated carbocycles. The number of fused-ring (bicyclic) bond motifs is 1. The third-order valence-electron chi connectivity index (χ3n) is 5.42. The number of aromatic nitrogens is 1. The van der Waals surface area contributed by atoms with E-state index in [4.69, 9.17) is 0 Å². The number of rotatable bonds is 7. The van der Waals surface area contributed by atoms with Gasteiger partial charge in [0.05, 0.1) is 5.56 Å². The van der Waals surface area contributed by atoms with E-state index in [1.807, 2.05) is 30.5 Å². The highest BCUT2D eigenvalue weighted by Crippen LogP contribution is 2.26. The molecule has 3 rings (SSSR count). The zero-order chi connectivity index (χ0) is 18.5. The van der Waals surface area contributed by atoms with Crippen molar-refractivity contribution in [2.45, 2.75) is 45.6 Å². The maximum atomic E-state index is 12.7. The lowest BCUT2D eigenvalue weighted by atomic mass is 10.1. The van der Waals surface area contributed by atoms with Gasteiger partial charge in [0, 0.05) is 36.2 Å². The molecular weight excluding hydrogens is 362 g/mol. The fourth-order valence-electron chi connectivity index (χ4n) is 3.66. The maximum absolute atomic E-state index is 12.7. The van der Waals surface area contributed by atoms with E-state index in [1.165, 1.54) is 19.3 Å². The summed E-state index contributed by atoms with van der Waals surface area (Å²) in [5.74, 6) is -0.948. The van der Waals surface area contributed by atoms with Gasteiger partial charge in [-0.1, -0.05) is 31.5 Å². The zero-order valence-electron chi connectivity index (χ0n) is 16.2. The van der Waals surface area contributed by atoms with Crippen molar-refractivity contribution in [3.63, 3.8) is 0 Å². The van der Waals surface area contributed by atoms with Crippen LogP contribution in [0.1, 0.15) is 55.9 Å². The quantitative estimate of drug-likeness (QED) is 0.576. The summed E-state index contributed by atoms with van der Waals surface area (Å²) in [4.78, 5) is 27.5. The minimum absolute atomic E-state index is 0. The van der Waals surface area contributed by atoms with Crippen LogP contribution in [0, 0.1) is 0 Å². The van der Waals surface area contributed by atoms with Crippen molar-refractivity contribution in [1.82, 2.24) is 14.8 Å². The van der Waals surface area contributed by atoms with E-state index in [0.717, 1.165) is 37.0 Å². The number of carbonyl (C=O) groups excluding carboxylic acids is 2. The Bertz CT molecular complexity index is 781. The number of halogens is 1. The Morgan fingerprint density at radius 1 is 1.15 bits per heavy atom. The predicted octanol–water partition coefficient (Wildman–Crippen LogP) is 3.82. The molecule has 5 nitrogen and oxygen atoms in total. The van der Waals surface area contributed by atoms with E-state index < -0.39 is 11.7 Å². The van der Waals surface area contributed by atoms with Crippen LogP contribution < -0.4 is 5.32 Å². The van der Waals surface area contributed by atoms with Gasteiger partial charge in [-0.15, -0.1) is 12.4 Å². The lowest BCUT2D eigenvalue weighted by Gasteiger charge is -2.26. The Hall–Kier alpha value is -1.85. The summed E-state index contributed by atoms with van der Waals surface area (Å²) in [5.41, 5.74) is 1.50. The molecular formula is C21H30ClN3O2. The predicted molar refractivity (Wildman–Crippen MR) is 112 cm³/mol.